The molecule has 1 atom stereocenters. The number of anilines is 3. The maximum Gasteiger partial charge on any atom is 0.251 e. The zero-order chi connectivity index (χ0) is 73.8. The third kappa shape index (κ3) is 15.7. The van der Waals surface area contributed by atoms with Crippen molar-refractivity contribution in [2.45, 2.75) is 81.3 Å². The molecule has 3 fully saturated rings. The molecule has 7 N–H and O–H groups in total. The highest BCUT2D eigenvalue weighted by Crippen LogP contribution is 2.34. The van der Waals surface area contributed by atoms with E-state index in [2.05, 4.69) is 149 Å². The topological polar surface area (TPSA) is 267 Å². The second-order valence-electron chi connectivity index (χ2n) is 28.0. The molecule has 0 bridgehead atoms. The number of pyridine rings is 3. The molecule has 10 heterocycles. The van der Waals surface area contributed by atoms with Crippen LogP contribution in [0.2, 0.25) is 0 Å². The summed E-state index contributed by atoms with van der Waals surface area (Å²) in [7, 11) is -6.84. The third-order valence-corrected chi connectivity index (χ3v) is 24.8. The van der Waals surface area contributed by atoms with Crippen LogP contribution in [-0.4, -0.2) is 150 Å². The lowest BCUT2D eigenvalue weighted by Crippen LogP contribution is -2.52. The van der Waals surface area contributed by atoms with Gasteiger partial charge in [-0.1, -0.05) is 80.9 Å². The van der Waals surface area contributed by atoms with E-state index in [4.69, 9.17) is 5.73 Å². The van der Waals surface area contributed by atoms with E-state index >= 15 is 0 Å². The van der Waals surface area contributed by atoms with E-state index in [9.17, 15) is 31.2 Å². The molecule has 1 saturated carbocycles. The molecule has 0 spiro atoms. The van der Waals surface area contributed by atoms with Crippen LogP contribution < -0.4 is 36.6 Å². The number of piperazine rings is 1. The van der Waals surface area contributed by atoms with Crippen molar-refractivity contribution >= 4 is 71.6 Å². The second kappa shape index (κ2) is 31.3. The number of sulfonamides is 1. The van der Waals surface area contributed by atoms with Gasteiger partial charge in [0.25, 0.3) is 11.8 Å². The van der Waals surface area contributed by atoms with Gasteiger partial charge < -0.3 is 36.8 Å². The normalized spacial score (nSPS) is 15.9. The highest BCUT2D eigenvalue weighted by Gasteiger charge is 2.29. The predicted octanol–water partition coefficient (Wildman–Crippen LogP) is 11.2. The van der Waals surface area contributed by atoms with E-state index in [0.29, 0.717) is 49.5 Å². The summed E-state index contributed by atoms with van der Waals surface area (Å²) in [6.45, 7) is 14.3. The SMILES string of the molecule is CCN(CC)CCNS(=O)(=O)c1ccc(Cc2ccc(-c3ccc4c(c3)CNC4=O)n3ccnc23)cc1.NC(=O)c1ccc(-c2ccc(Nc3ccc(N4CCN(C5CCC5)CC4)cc3)c3nccn23)cc1.O=C1NCc2cc(-c3ccc(Cc4ccc(S(=O)(=O)CC5CCNC5)cc4)c4nccn34)ccc21. The summed E-state index contributed by atoms with van der Waals surface area (Å²) in [4.78, 5) is 57.0. The predicted molar refractivity (Wildman–Crippen MR) is 418 cm³/mol. The Kier molecular flexibility index (Phi) is 21.0. The van der Waals surface area contributed by atoms with Crippen molar-refractivity contribution in [2.75, 3.05) is 81.4 Å². The van der Waals surface area contributed by atoms with Crippen LogP contribution in [0.1, 0.15) is 104 Å². The molecule has 0 radical (unpaired) electrons. The number of fused-ring (bicyclic) bond motifs is 5. The molecule has 12 aromatic rings. The second-order valence-corrected chi connectivity index (χ2v) is 31.8. The largest absolute Gasteiger partial charge is 0.369 e. The first-order valence-electron chi connectivity index (χ1n) is 36.8. The number of benzene rings is 6. The number of sulfone groups is 1. The Labute approximate surface area is 623 Å². The van der Waals surface area contributed by atoms with E-state index in [1.54, 1.807) is 55.0 Å². The molecule has 22 nitrogen and oxygen atoms in total. The molecule has 548 valence electrons. The van der Waals surface area contributed by atoms with Gasteiger partial charge in [-0.2, -0.15) is 0 Å². The number of hydrogen-bond acceptors (Lipinski definition) is 15. The van der Waals surface area contributed by atoms with Gasteiger partial charge in [-0.25, -0.2) is 36.5 Å². The minimum atomic E-state index is -3.55. The third-order valence-electron chi connectivity index (χ3n) is 21.4. The minimum Gasteiger partial charge on any atom is -0.369 e. The smallest absolute Gasteiger partial charge is 0.251 e. The highest BCUT2D eigenvalue weighted by molar-refractivity contribution is 7.91. The summed E-state index contributed by atoms with van der Waals surface area (Å²) in [5, 5.41) is 12.5. The van der Waals surface area contributed by atoms with Crippen LogP contribution >= 0.6 is 0 Å². The van der Waals surface area contributed by atoms with Gasteiger partial charge in [0, 0.05) is 136 Å². The van der Waals surface area contributed by atoms with E-state index in [-0.39, 0.29) is 28.4 Å². The molecule has 1 unspecified atom stereocenters. The van der Waals surface area contributed by atoms with Crippen molar-refractivity contribution in [3.05, 3.63) is 257 Å². The fourth-order valence-corrected chi connectivity index (χ4v) is 17.8. The average Bonchev–Trinajstić information content (AvgIpc) is 1.68. The molecule has 3 amide bonds. The van der Waals surface area contributed by atoms with Crippen LogP contribution in [0.4, 0.5) is 17.1 Å². The molecule has 107 heavy (non-hydrogen) atoms. The molecule has 6 aromatic carbocycles. The molecule has 2 saturated heterocycles. The van der Waals surface area contributed by atoms with Crippen LogP contribution in [-0.2, 0) is 45.8 Å². The summed E-state index contributed by atoms with van der Waals surface area (Å²) in [5.74, 6) is -0.0919. The van der Waals surface area contributed by atoms with E-state index in [0.717, 1.165) is 158 Å². The lowest BCUT2D eigenvalue weighted by atomic mass is 9.91. The number of rotatable bonds is 22. The van der Waals surface area contributed by atoms with Gasteiger partial charge >= 0.3 is 0 Å². The molecule has 4 aliphatic heterocycles. The Morgan fingerprint density at radius 1 is 0.579 bits per heavy atom. The van der Waals surface area contributed by atoms with Crippen LogP contribution in [0.3, 0.4) is 0 Å². The zero-order valence-corrected chi connectivity index (χ0v) is 61.6. The molecule has 17 rings (SSSR count). The number of carbonyl (C=O) groups is 3. The van der Waals surface area contributed by atoms with Crippen LogP contribution in [0, 0.1) is 5.92 Å². The summed E-state index contributed by atoms with van der Waals surface area (Å²) >= 11 is 0. The molecular weight excluding hydrogens is 1380 g/mol. The zero-order valence-electron chi connectivity index (χ0n) is 60.0. The Bertz CT molecular complexity index is 5490. The summed E-state index contributed by atoms with van der Waals surface area (Å²) in [5.41, 5.74) is 25.3. The number of nitrogens with two attached hydrogens (primary N) is 1. The molecule has 24 heteroatoms. The van der Waals surface area contributed by atoms with Gasteiger partial charge in [0.15, 0.2) is 15.5 Å². The van der Waals surface area contributed by atoms with Crippen molar-refractivity contribution < 1.29 is 31.2 Å². The van der Waals surface area contributed by atoms with E-state index < -0.39 is 25.8 Å². The van der Waals surface area contributed by atoms with E-state index in [1.165, 1.54) is 38.0 Å². The number of amides is 3. The number of aromatic nitrogens is 6. The minimum absolute atomic E-state index is 0.0240. The Morgan fingerprint density at radius 2 is 1.10 bits per heavy atom. The van der Waals surface area contributed by atoms with Gasteiger partial charge in [-0.15, -0.1) is 0 Å². The van der Waals surface area contributed by atoms with Gasteiger partial charge in [0.05, 0.1) is 38.3 Å². The van der Waals surface area contributed by atoms with Crippen molar-refractivity contribution in [2.24, 2.45) is 11.7 Å². The average molecular weight is 1470 g/mol. The fourth-order valence-electron chi connectivity index (χ4n) is 15.1. The maximum absolute atomic E-state index is 12.8. The first-order chi connectivity index (χ1) is 52.0. The van der Waals surface area contributed by atoms with Crippen LogP contribution in [0.5, 0.6) is 0 Å². The number of hydrogen-bond donors (Lipinski definition) is 6. The summed E-state index contributed by atoms with van der Waals surface area (Å²) < 4.78 is 59.9. The summed E-state index contributed by atoms with van der Waals surface area (Å²) in [6.07, 6.45) is 17.5. The number of imidazole rings is 3. The first-order valence-corrected chi connectivity index (χ1v) is 39.9. The van der Waals surface area contributed by atoms with Crippen molar-refractivity contribution in [3.63, 3.8) is 0 Å². The fraction of sp³-hybridized carbons (Fsp3) is 0.277. The number of nitrogens with zero attached hydrogens (tertiary/aromatic N) is 9. The van der Waals surface area contributed by atoms with Crippen LogP contribution in [0.15, 0.2) is 217 Å². The number of likely N-dealkylation sites (N-methyl/N-ethyl adjacent to an activating group) is 1. The van der Waals surface area contributed by atoms with Gasteiger partial charge in [0.1, 0.15) is 11.3 Å². The Balaban J connectivity index is 0.000000128. The summed E-state index contributed by atoms with van der Waals surface area (Å²) in [6, 6.07) is 55.3. The monoisotopic (exact) mass is 1470 g/mol. The van der Waals surface area contributed by atoms with Gasteiger partial charge in [0.2, 0.25) is 15.9 Å². The Hall–Kier alpha value is -10.9. The van der Waals surface area contributed by atoms with Crippen molar-refractivity contribution in [1.29, 1.82) is 0 Å². The molecule has 6 aromatic heterocycles. The lowest BCUT2D eigenvalue weighted by Gasteiger charge is -2.43. The van der Waals surface area contributed by atoms with Gasteiger partial charge in [-0.3, -0.25) is 32.5 Å². The number of nitrogens with one attached hydrogen (secondary N) is 5. The van der Waals surface area contributed by atoms with E-state index in [1.807, 2.05) is 85.3 Å². The molecular formula is C83H87N15O7S2. The molecule has 5 aliphatic rings. The first kappa shape index (κ1) is 71.7. The number of primary amides is 1. The quantitative estimate of drug-likeness (QED) is 0.0368. The van der Waals surface area contributed by atoms with Gasteiger partial charge in [-0.05, 0) is 211 Å². The Morgan fingerprint density at radius 3 is 1.63 bits per heavy atom. The number of carbonyl (C=O) groups excluding carboxylic acids is 3. The molecule has 1 aliphatic carbocycles. The highest BCUT2D eigenvalue weighted by atomic mass is 32.2. The van der Waals surface area contributed by atoms with Crippen molar-refractivity contribution in [1.82, 2.24) is 58.6 Å². The maximum atomic E-state index is 12.8. The lowest BCUT2D eigenvalue weighted by molar-refractivity contribution is 0.0957. The van der Waals surface area contributed by atoms with Crippen LogP contribution in [0.25, 0.3) is 50.7 Å². The van der Waals surface area contributed by atoms with Crippen molar-refractivity contribution in [3.8, 4) is 33.8 Å². The standard InChI is InChI=1S/C28H30N6O.C28H31N5O3S.C27H26N4O3S/c29-27(35)21-6-4-20(5-7-21)26-13-12-25(28-30-14-15-34(26)28)31-22-8-10-24(11-9-22)33-18-16-32(17-19-33)23-2-1-3-23;1-3-32(4-2)15-14-31-37(35,36)24-9-5-20(6-10-24)17-22-8-12-26(33-16-13-29-27(22)33)21-7-11-25-23(18-21)19-30-28(25)34;32-27-24-7-3-20(14-22(24)16-30-27)25-8-4-21(26-29-11-12-31(25)26)13-18-1-5-23(6-2-18)35(33,34)17-19-9-10-28-15-19/h4-15,23,31H,1-3,16-19H2,(H2,29,35);5-13,16,18,31H,3-4,14-15,17,19H2,1-2H3,(H,30,34);1-8,11-12,14,19,28H,9-10,13,15-17H2,(H,30,32).